The van der Waals surface area contributed by atoms with E-state index in [0.717, 1.165) is 0 Å². The first-order valence-electron chi connectivity index (χ1n) is 8.89. The number of methoxy groups -OCH3 is 1. The number of carboxylic acids is 1. The fraction of sp³-hybridized carbons (Fsp3) is 0.421. The SMILES string of the molecule is COc1cc2oc(=O)cc(COC(=O)N(C)CCCC[C@H](N)C(=O)O)c2cc1Br. The van der Waals surface area contributed by atoms with E-state index >= 15 is 0 Å². The number of benzene rings is 1. The molecule has 3 N–H and O–H groups in total. The number of carbonyl (C=O) groups is 2. The van der Waals surface area contributed by atoms with Gasteiger partial charge in [-0.05, 0) is 41.3 Å². The third-order valence-corrected chi connectivity index (χ3v) is 4.96. The molecule has 1 aromatic carbocycles. The number of ether oxygens (including phenoxy) is 2. The fourth-order valence-corrected chi connectivity index (χ4v) is 3.19. The van der Waals surface area contributed by atoms with E-state index in [1.54, 1.807) is 19.2 Å². The predicted octanol–water partition coefficient (Wildman–Crippen LogP) is 2.71. The molecule has 0 fully saturated rings. The van der Waals surface area contributed by atoms with E-state index in [2.05, 4.69) is 15.9 Å². The largest absolute Gasteiger partial charge is 0.495 e. The number of nitrogens with zero attached hydrogens (tertiary/aromatic N) is 1. The molecule has 2 aromatic rings. The summed E-state index contributed by atoms with van der Waals surface area (Å²) >= 11 is 3.38. The Morgan fingerprint density at radius 3 is 2.69 bits per heavy atom. The zero-order valence-electron chi connectivity index (χ0n) is 16.1. The van der Waals surface area contributed by atoms with Gasteiger partial charge >= 0.3 is 17.7 Å². The molecule has 9 nitrogen and oxygen atoms in total. The molecule has 158 valence electrons. The van der Waals surface area contributed by atoms with Crippen LogP contribution in [0.4, 0.5) is 4.79 Å². The van der Waals surface area contributed by atoms with Crippen molar-refractivity contribution in [2.24, 2.45) is 5.73 Å². The molecule has 0 saturated heterocycles. The van der Waals surface area contributed by atoms with Gasteiger partial charge in [-0.1, -0.05) is 0 Å². The lowest BCUT2D eigenvalue weighted by Gasteiger charge is -2.17. The van der Waals surface area contributed by atoms with Gasteiger partial charge in [-0.3, -0.25) is 4.79 Å². The van der Waals surface area contributed by atoms with Crippen LogP contribution in [-0.2, 0) is 16.1 Å². The lowest BCUT2D eigenvalue weighted by molar-refractivity contribution is -0.138. The van der Waals surface area contributed by atoms with Gasteiger partial charge in [-0.15, -0.1) is 0 Å². The van der Waals surface area contributed by atoms with Crippen molar-refractivity contribution in [3.8, 4) is 5.75 Å². The van der Waals surface area contributed by atoms with Crippen LogP contribution in [0.3, 0.4) is 0 Å². The molecule has 0 bridgehead atoms. The number of amides is 1. The Morgan fingerprint density at radius 2 is 2.03 bits per heavy atom. The van der Waals surface area contributed by atoms with E-state index in [1.165, 1.54) is 18.1 Å². The van der Waals surface area contributed by atoms with Crippen LogP contribution in [0.5, 0.6) is 5.75 Å². The van der Waals surface area contributed by atoms with Gasteiger partial charge in [-0.2, -0.15) is 0 Å². The molecule has 0 aliphatic carbocycles. The Hall–Kier alpha value is -2.59. The monoisotopic (exact) mass is 470 g/mol. The van der Waals surface area contributed by atoms with Crippen LogP contribution in [0.25, 0.3) is 11.0 Å². The van der Waals surface area contributed by atoms with Crippen molar-refractivity contribution >= 4 is 39.0 Å². The van der Waals surface area contributed by atoms with Crippen LogP contribution >= 0.6 is 15.9 Å². The maximum atomic E-state index is 12.2. The predicted molar refractivity (Wildman–Crippen MR) is 109 cm³/mol. The number of halogens is 1. The highest BCUT2D eigenvalue weighted by atomic mass is 79.9. The molecule has 1 aromatic heterocycles. The summed E-state index contributed by atoms with van der Waals surface area (Å²) in [4.78, 5) is 36.1. The Balaban J connectivity index is 1.97. The molecule has 0 aliphatic rings. The second kappa shape index (κ2) is 10.3. The summed E-state index contributed by atoms with van der Waals surface area (Å²) in [5, 5.41) is 9.37. The second-order valence-electron chi connectivity index (χ2n) is 6.49. The Kier molecular flexibility index (Phi) is 8.03. The first kappa shape index (κ1) is 22.7. The lowest BCUT2D eigenvalue weighted by atomic mass is 10.1. The van der Waals surface area contributed by atoms with Crippen LogP contribution in [0.1, 0.15) is 24.8 Å². The van der Waals surface area contributed by atoms with E-state index in [9.17, 15) is 14.4 Å². The number of carboxylic acid groups (broad SMARTS) is 1. The molecular weight excluding hydrogens is 448 g/mol. The van der Waals surface area contributed by atoms with Gasteiger partial charge < -0.3 is 29.6 Å². The summed E-state index contributed by atoms with van der Waals surface area (Å²) in [5.41, 5.74) is 5.72. The van der Waals surface area contributed by atoms with E-state index in [0.29, 0.717) is 52.6 Å². The van der Waals surface area contributed by atoms with Crippen molar-refractivity contribution < 1.29 is 28.6 Å². The smallest absolute Gasteiger partial charge is 0.409 e. The van der Waals surface area contributed by atoms with Gasteiger partial charge in [0.15, 0.2) is 0 Å². The van der Waals surface area contributed by atoms with Crippen molar-refractivity contribution in [1.29, 1.82) is 0 Å². The molecule has 2 rings (SSSR count). The Bertz CT molecular complexity index is 944. The second-order valence-corrected chi connectivity index (χ2v) is 7.34. The van der Waals surface area contributed by atoms with Gasteiger partial charge in [0.25, 0.3) is 0 Å². The van der Waals surface area contributed by atoms with Gasteiger partial charge in [0.1, 0.15) is 24.0 Å². The molecular formula is C19H23BrN2O7. The average molecular weight is 471 g/mol. The zero-order chi connectivity index (χ0) is 21.6. The molecule has 0 saturated carbocycles. The third-order valence-electron chi connectivity index (χ3n) is 4.34. The molecule has 1 atom stereocenters. The number of hydrogen-bond donors (Lipinski definition) is 2. The summed E-state index contributed by atoms with van der Waals surface area (Å²) < 4.78 is 16.4. The van der Waals surface area contributed by atoms with E-state index in [1.807, 2.05) is 0 Å². The number of nitrogens with two attached hydrogens (primary N) is 1. The summed E-state index contributed by atoms with van der Waals surface area (Å²) in [6.45, 7) is 0.291. The van der Waals surface area contributed by atoms with Crippen LogP contribution in [0.2, 0.25) is 0 Å². The van der Waals surface area contributed by atoms with E-state index in [-0.39, 0.29) is 6.61 Å². The molecule has 0 spiro atoms. The number of aliphatic carboxylic acids is 1. The van der Waals surface area contributed by atoms with Crippen LogP contribution < -0.4 is 16.1 Å². The quantitative estimate of drug-likeness (QED) is 0.422. The molecule has 10 heteroatoms. The molecule has 0 unspecified atom stereocenters. The topological polar surface area (TPSA) is 132 Å². The summed E-state index contributed by atoms with van der Waals surface area (Å²) in [5.74, 6) is -0.529. The first-order valence-corrected chi connectivity index (χ1v) is 9.68. The highest BCUT2D eigenvalue weighted by molar-refractivity contribution is 9.10. The van der Waals surface area contributed by atoms with Crippen LogP contribution in [0.15, 0.2) is 31.9 Å². The van der Waals surface area contributed by atoms with Crippen molar-refractivity contribution in [2.45, 2.75) is 31.9 Å². The summed E-state index contributed by atoms with van der Waals surface area (Å²) in [6.07, 6.45) is 0.951. The fourth-order valence-electron chi connectivity index (χ4n) is 2.68. The number of rotatable bonds is 9. The van der Waals surface area contributed by atoms with Gasteiger partial charge in [0.05, 0.1) is 11.6 Å². The molecule has 1 amide bonds. The van der Waals surface area contributed by atoms with Crippen molar-refractivity contribution in [3.63, 3.8) is 0 Å². The Labute approximate surface area is 175 Å². The van der Waals surface area contributed by atoms with Crippen LogP contribution in [-0.4, -0.2) is 48.8 Å². The maximum absolute atomic E-state index is 12.2. The summed E-state index contributed by atoms with van der Waals surface area (Å²) in [7, 11) is 3.08. The van der Waals surface area contributed by atoms with Gasteiger partial charge in [-0.25, -0.2) is 9.59 Å². The van der Waals surface area contributed by atoms with Crippen molar-refractivity contribution in [3.05, 3.63) is 38.7 Å². The number of carbonyl (C=O) groups excluding carboxylic acids is 1. The molecule has 29 heavy (non-hydrogen) atoms. The zero-order valence-corrected chi connectivity index (χ0v) is 17.7. The van der Waals surface area contributed by atoms with E-state index in [4.69, 9.17) is 24.7 Å². The van der Waals surface area contributed by atoms with Gasteiger partial charge in [0.2, 0.25) is 0 Å². The summed E-state index contributed by atoms with van der Waals surface area (Å²) in [6, 6.07) is 3.70. The lowest BCUT2D eigenvalue weighted by Crippen LogP contribution is -2.31. The highest BCUT2D eigenvalue weighted by Gasteiger charge is 2.15. The standard InChI is InChI=1S/C19H23BrN2O7/c1-22(6-4-3-5-14(21)18(24)25)19(26)28-10-11-7-17(23)29-15-9-16(27-2)13(20)8-12(11)15/h7-9,14H,3-6,10,21H2,1-2H3,(H,24,25)/t14-/m0/s1. The molecule has 0 aliphatic heterocycles. The minimum Gasteiger partial charge on any atom is -0.495 e. The third kappa shape index (κ3) is 6.20. The van der Waals surface area contributed by atoms with Gasteiger partial charge in [0, 0.05) is 36.7 Å². The highest BCUT2D eigenvalue weighted by Crippen LogP contribution is 2.31. The van der Waals surface area contributed by atoms with Crippen molar-refractivity contribution in [1.82, 2.24) is 4.90 Å². The number of unbranched alkanes of at least 4 members (excludes halogenated alkanes) is 1. The first-order chi connectivity index (χ1) is 13.7. The molecule has 0 radical (unpaired) electrons. The Morgan fingerprint density at radius 1 is 1.31 bits per heavy atom. The van der Waals surface area contributed by atoms with Crippen LogP contribution in [0, 0.1) is 0 Å². The number of fused-ring (bicyclic) bond motifs is 1. The number of hydrogen-bond acceptors (Lipinski definition) is 7. The van der Waals surface area contributed by atoms with E-state index < -0.39 is 23.7 Å². The van der Waals surface area contributed by atoms with Crippen molar-refractivity contribution in [2.75, 3.05) is 20.7 Å². The normalized spacial score (nSPS) is 11.9. The average Bonchev–Trinajstić information content (AvgIpc) is 2.68. The molecule has 1 heterocycles. The minimum absolute atomic E-state index is 0.103. The minimum atomic E-state index is -1.04. The maximum Gasteiger partial charge on any atom is 0.409 e.